The van der Waals surface area contributed by atoms with Gasteiger partial charge in [-0.05, 0) is 165 Å². The van der Waals surface area contributed by atoms with Crippen molar-refractivity contribution in [1.82, 2.24) is 0 Å². The Hall–Kier alpha value is -0.790. The molecule has 9 fully saturated rings. The molecule has 0 spiro atoms. The van der Waals surface area contributed by atoms with E-state index >= 15 is 0 Å². The zero-order chi connectivity index (χ0) is 32.1. The van der Waals surface area contributed by atoms with Gasteiger partial charge in [0, 0.05) is 5.92 Å². The van der Waals surface area contributed by atoms with Crippen molar-refractivity contribution in [2.24, 2.45) is 72.9 Å². The van der Waals surface area contributed by atoms with Crippen molar-refractivity contribution < 1.29 is 9.53 Å². The number of hydrogen-bond donors (Lipinski definition) is 0. The van der Waals surface area contributed by atoms with E-state index in [0.29, 0.717) is 28.6 Å². The number of hydrogen-bond acceptors (Lipinski definition) is 2. The van der Waals surface area contributed by atoms with E-state index in [1.807, 2.05) is 0 Å². The number of ether oxygens (including phenoxy) is 1. The summed E-state index contributed by atoms with van der Waals surface area (Å²) in [6.45, 7) is 30.8. The molecule has 10 aliphatic carbocycles. The minimum absolute atomic E-state index is 0.0376. The molecule has 0 aromatic heterocycles. The normalized spacial score (nSPS) is 51.2. The Labute approximate surface area is 271 Å². The molecule has 0 saturated heterocycles. The lowest BCUT2D eigenvalue weighted by Gasteiger charge is -2.93. The molecular weight excluding hydrogens is 536 g/mol. The van der Waals surface area contributed by atoms with Gasteiger partial charge in [0.15, 0.2) is 0 Å². The predicted molar refractivity (Wildman–Crippen MR) is 182 cm³/mol. The maximum absolute atomic E-state index is 14.4. The molecule has 0 N–H and O–H groups in total. The molecule has 10 rings (SSSR count). The van der Waals surface area contributed by atoms with Gasteiger partial charge in [-0.15, -0.1) is 0 Å². The molecule has 0 aromatic rings. The standard InChI is InChI=1S/C42H68O2/c1-27-13-16-29(17-14-27)37(9,10)44-33(43)26-38(11)21-19-31-24-41(38,35(31,5)6)42-25-32(36(42,7)8)20-22-39(42,12)40-23-30(34(40,3)4)18-15-28(40)2/h13,28-32H,14-26H2,1-12H3. The van der Waals surface area contributed by atoms with Crippen LogP contribution in [0.4, 0.5) is 0 Å². The van der Waals surface area contributed by atoms with Crippen LogP contribution < -0.4 is 0 Å². The van der Waals surface area contributed by atoms with Crippen LogP contribution in [0.25, 0.3) is 0 Å². The number of fused-ring (bicyclic) bond motifs is 6. The summed E-state index contributed by atoms with van der Waals surface area (Å²) in [4.78, 5) is 14.4. The van der Waals surface area contributed by atoms with Crippen molar-refractivity contribution in [3.8, 4) is 0 Å². The molecule has 0 radical (unpaired) electrons. The van der Waals surface area contributed by atoms with Crippen LogP contribution >= 0.6 is 0 Å². The first-order valence-corrected chi connectivity index (χ1v) is 19.1. The van der Waals surface area contributed by atoms with E-state index in [9.17, 15) is 4.79 Å². The third-order valence-electron chi connectivity index (χ3n) is 19.1. The Balaban J connectivity index is 1.31. The summed E-state index contributed by atoms with van der Waals surface area (Å²) in [7, 11) is 0. The number of carbonyl (C=O) groups is 1. The molecule has 10 aliphatic rings. The van der Waals surface area contributed by atoms with Gasteiger partial charge in [-0.2, -0.15) is 0 Å². The fourth-order valence-electron chi connectivity index (χ4n) is 16.7. The molecular formula is C42H68O2. The Morgan fingerprint density at radius 3 is 1.93 bits per heavy atom. The molecule has 6 bridgehead atoms. The summed E-state index contributed by atoms with van der Waals surface area (Å²) >= 11 is 0. The predicted octanol–water partition coefficient (Wildman–Crippen LogP) is 11.6. The van der Waals surface area contributed by atoms with Crippen LogP contribution in [0.2, 0.25) is 0 Å². The maximum atomic E-state index is 14.4. The highest BCUT2D eigenvalue weighted by Crippen LogP contribution is 2.96. The third kappa shape index (κ3) is 3.20. The van der Waals surface area contributed by atoms with Gasteiger partial charge < -0.3 is 4.74 Å². The lowest BCUT2D eigenvalue weighted by atomic mass is 9.11. The van der Waals surface area contributed by atoms with Crippen molar-refractivity contribution in [1.29, 1.82) is 0 Å². The average Bonchev–Trinajstić information content (AvgIpc) is 2.92. The molecule has 10 unspecified atom stereocenters. The molecule has 248 valence electrons. The first-order valence-electron chi connectivity index (χ1n) is 19.1. The van der Waals surface area contributed by atoms with Crippen LogP contribution in [0.1, 0.15) is 167 Å². The summed E-state index contributed by atoms with van der Waals surface area (Å²) in [5.74, 6) is 3.79. The van der Waals surface area contributed by atoms with Crippen LogP contribution in [0, 0.1) is 72.9 Å². The van der Waals surface area contributed by atoms with E-state index < -0.39 is 5.60 Å². The van der Waals surface area contributed by atoms with Crippen molar-refractivity contribution in [3.63, 3.8) is 0 Å². The Morgan fingerprint density at radius 1 is 0.795 bits per heavy atom. The maximum Gasteiger partial charge on any atom is 0.306 e. The van der Waals surface area contributed by atoms with Gasteiger partial charge in [0.1, 0.15) is 5.60 Å². The van der Waals surface area contributed by atoms with Crippen LogP contribution in [0.15, 0.2) is 11.6 Å². The highest BCUT2D eigenvalue weighted by atomic mass is 16.6. The van der Waals surface area contributed by atoms with E-state index in [4.69, 9.17) is 4.74 Å². The zero-order valence-electron chi connectivity index (χ0n) is 31.0. The van der Waals surface area contributed by atoms with Gasteiger partial charge in [-0.1, -0.05) is 74.0 Å². The summed E-state index contributed by atoms with van der Waals surface area (Å²) in [6.07, 6.45) is 18.6. The average molecular weight is 605 g/mol. The van der Waals surface area contributed by atoms with Gasteiger partial charge >= 0.3 is 5.97 Å². The first kappa shape index (κ1) is 31.8. The fraction of sp³-hybridized carbons (Fsp3) is 0.929. The molecule has 0 aliphatic heterocycles. The second-order valence-corrected chi connectivity index (χ2v) is 20.9. The topological polar surface area (TPSA) is 26.3 Å². The minimum atomic E-state index is -0.413. The second-order valence-electron chi connectivity index (χ2n) is 20.9. The molecule has 9 saturated carbocycles. The molecule has 0 heterocycles. The van der Waals surface area contributed by atoms with Gasteiger partial charge in [-0.3, -0.25) is 4.79 Å². The number of rotatable bonds is 6. The highest BCUT2D eigenvalue weighted by molar-refractivity contribution is 5.71. The van der Waals surface area contributed by atoms with Gasteiger partial charge in [-0.25, -0.2) is 0 Å². The van der Waals surface area contributed by atoms with E-state index in [1.54, 1.807) is 0 Å². The van der Waals surface area contributed by atoms with Crippen LogP contribution in [0.5, 0.6) is 0 Å². The van der Waals surface area contributed by atoms with Crippen molar-refractivity contribution in [3.05, 3.63) is 11.6 Å². The first-order chi connectivity index (χ1) is 20.2. The lowest BCUT2D eigenvalue weighted by Crippen LogP contribution is -2.87. The number of esters is 1. The third-order valence-corrected chi connectivity index (χ3v) is 19.1. The number of allylic oxidation sites excluding steroid dienone is 2. The molecule has 44 heavy (non-hydrogen) atoms. The largest absolute Gasteiger partial charge is 0.459 e. The Kier molecular flexibility index (Phi) is 6.51. The van der Waals surface area contributed by atoms with Crippen molar-refractivity contribution in [2.75, 3.05) is 0 Å². The van der Waals surface area contributed by atoms with E-state index in [0.717, 1.165) is 42.9 Å². The van der Waals surface area contributed by atoms with Crippen LogP contribution in [-0.4, -0.2) is 11.6 Å². The summed E-state index contributed by atoms with van der Waals surface area (Å²) in [5.41, 5.74) is 3.07. The van der Waals surface area contributed by atoms with Gasteiger partial charge in [0.2, 0.25) is 0 Å². The zero-order valence-corrected chi connectivity index (χ0v) is 31.0. The summed E-state index contributed by atoms with van der Waals surface area (Å²) in [6, 6.07) is 0. The summed E-state index contributed by atoms with van der Waals surface area (Å²) < 4.78 is 6.62. The Bertz CT molecular complexity index is 1270. The minimum Gasteiger partial charge on any atom is -0.459 e. The molecule has 2 heteroatoms. The smallest absolute Gasteiger partial charge is 0.306 e. The highest BCUT2D eigenvalue weighted by Gasteiger charge is 2.90. The van der Waals surface area contributed by atoms with E-state index in [1.165, 1.54) is 63.4 Å². The van der Waals surface area contributed by atoms with Gasteiger partial charge in [0.05, 0.1) is 6.42 Å². The van der Waals surface area contributed by atoms with Crippen LogP contribution in [0.3, 0.4) is 0 Å². The molecule has 0 aromatic carbocycles. The Morgan fingerprint density at radius 2 is 1.39 bits per heavy atom. The molecule has 2 nitrogen and oxygen atoms in total. The molecule has 0 amide bonds. The monoisotopic (exact) mass is 605 g/mol. The van der Waals surface area contributed by atoms with Crippen LogP contribution in [-0.2, 0) is 9.53 Å². The summed E-state index contributed by atoms with van der Waals surface area (Å²) in [5, 5.41) is 0. The van der Waals surface area contributed by atoms with Gasteiger partial charge in [0.25, 0.3) is 0 Å². The fourth-order valence-corrected chi connectivity index (χ4v) is 16.7. The van der Waals surface area contributed by atoms with E-state index in [-0.39, 0.29) is 33.0 Å². The van der Waals surface area contributed by atoms with Crippen molar-refractivity contribution >= 4 is 5.97 Å². The quantitative estimate of drug-likeness (QED) is 0.223. The second kappa shape index (κ2) is 9.01. The number of carbonyl (C=O) groups excluding carboxylic acids is 1. The SMILES string of the molecule is CC1=CCC(C(C)(C)OC(=O)CC2(C)CCC3CC2(C24CC(CCC2(C)C25CC(CCC2C)C5(C)C)C4(C)C)C3(C)C)CC1. The van der Waals surface area contributed by atoms with Crippen molar-refractivity contribution in [2.45, 2.75) is 172 Å². The lowest BCUT2D eigenvalue weighted by molar-refractivity contribution is -0.455. The van der Waals surface area contributed by atoms with E-state index in [2.05, 4.69) is 89.2 Å². The molecule has 10 atom stereocenters.